The zero-order chi connectivity index (χ0) is 9.84. The molecule has 1 aliphatic heterocycles. The third kappa shape index (κ3) is 2.69. The third-order valence-electron chi connectivity index (χ3n) is 3.22. The van der Waals surface area contributed by atoms with E-state index in [1.165, 1.54) is 19.3 Å². The molecule has 3 nitrogen and oxygen atoms in total. The van der Waals surface area contributed by atoms with E-state index in [2.05, 4.69) is 11.8 Å². The number of likely N-dealkylation sites (tertiary alicyclic amines) is 1. The lowest BCUT2D eigenvalue weighted by Crippen LogP contribution is -2.46. The second-order valence-corrected chi connectivity index (χ2v) is 4.02. The largest absolute Gasteiger partial charge is 0.386 e. The van der Waals surface area contributed by atoms with E-state index in [0.29, 0.717) is 5.84 Å². The molecule has 0 aromatic rings. The highest BCUT2D eigenvalue weighted by Crippen LogP contribution is 2.21. The van der Waals surface area contributed by atoms with Gasteiger partial charge in [0.1, 0.15) is 5.84 Å². The number of amidine groups is 1. The lowest BCUT2D eigenvalue weighted by molar-refractivity contribution is 0.167. The van der Waals surface area contributed by atoms with E-state index in [9.17, 15) is 0 Å². The molecule has 3 N–H and O–H groups in total. The van der Waals surface area contributed by atoms with Crippen LogP contribution in [0.2, 0.25) is 0 Å². The summed E-state index contributed by atoms with van der Waals surface area (Å²) in [7, 11) is 0. The second kappa shape index (κ2) is 4.61. The van der Waals surface area contributed by atoms with E-state index in [1.54, 1.807) is 0 Å². The van der Waals surface area contributed by atoms with E-state index >= 15 is 0 Å². The molecule has 76 valence electrons. The van der Waals surface area contributed by atoms with Gasteiger partial charge in [0.15, 0.2) is 0 Å². The molecule has 1 aliphatic rings. The molecule has 1 atom stereocenters. The van der Waals surface area contributed by atoms with E-state index in [4.69, 9.17) is 11.1 Å². The van der Waals surface area contributed by atoms with Gasteiger partial charge in [-0.25, -0.2) is 0 Å². The summed E-state index contributed by atoms with van der Waals surface area (Å²) >= 11 is 0. The van der Waals surface area contributed by atoms with Crippen molar-refractivity contribution in [1.82, 2.24) is 4.90 Å². The summed E-state index contributed by atoms with van der Waals surface area (Å²) in [4.78, 5) is 2.31. The molecule has 0 bridgehead atoms. The van der Waals surface area contributed by atoms with Crippen LogP contribution < -0.4 is 5.73 Å². The van der Waals surface area contributed by atoms with Crippen LogP contribution in [-0.4, -0.2) is 29.9 Å². The molecule has 0 amide bonds. The first-order chi connectivity index (χ1) is 6.15. The van der Waals surface area contributed by atoms with Crippen molar-refractivity contribution in [3.05, 3.63) is 0 Å². The van der Waals surface area contributed by atoms with Crippen LogP contribution in [0.3, 0.4) is 0 Å². The van der Waals surface area contributed by atoms with Gasteiger partial charge in [-0.2, -0.15) is 0 Å². The van der Waals surface area contributed by atoms with E-state index < -0.39 is 0 Å². The maximum absolute atomic E-state index is 7.37. The van der Waals surface area contributed by atoms with Gasteiger partial charge >= 0.3 is 0 Å². The molecule has 13 heavy (non-hydrogen) atoms. The number of hydrogen-bond donors (Lipinski definition) is 2. The lowest BCUT2D eigenvalue weighted by atomic mass is 9.93. The van der Waals surface area contributed by atoms with Crippen molar-refractivity contribution in [3.63, 3.8) is 0 Å². The number of hydrogen-bond acceptors (Lipinski definition) is 2. The Kier molecular flexibility index (Phi) is 3.72. The highest BCUT2D eigenvalue weighted by Gasteiger charge is 2.22. The van der Waals surface area contributed by atoms with Crippen LogP contribution in [0.15, 0.2) is 0 Å². The minimum atomic E-state index is 0.137. The van der Waals surface area contributed by atoms with Crippen LogP contribution in [0.5, 0.6) is 0 Å². The summed E-state index contributed by atoms with van der Waals surface area (Å²) in [5.74, 6) is 1.20. The molecule has 0 saturated carbocycles. The second-order valence-electron chi connectivity index (χ2n) is 4.02. The monoisotopic (exact) mass is 183 g/mol. The topological polar surface area (TPSA) is 53.1 Å². The van der Waals surface area contributed by atoms with Gasteiger partial charge in [0.2, 0.25) is 0 Å². The van der Waals surface area contributed by atoms with Crippen LogP contribution >= 0.6 is 0 Å². The van der Waals surface area contributed by atoms with Crippen molar-refractivity contribution < 1.29 is 0 Å². The van der Waals surface area contributed by atoms with Gasteiger partial charge in [-0.15, -0.1) is 0 Å². The van der Waals surface area contributed by atoms with Crippen LogP contribution in [0.1, 0.15) is 33.1 Å². The number of nitrogens with zero attached hydrogens (tertiary/aromatic N) is 1. The normalized spacial score (nSPS) is 22.9. The zero-order valence-electron chi connectivity index (χ0n) is 8.71. The summed E-state index contributed by atoms with van der Waals surface area (Å²) < 4.78 is 0. The minimum Gasteiger partial charge on any atom is -0.386 e. The predicted octanol–water partition coefficient (Wildman–Crippen LogP) is 1.43. The molecule has 0 aliphatic carbocycles. The SMILES string of the molecule is CCC1CCN(C(C)C(=N)N)CC1. The average Bonchev–Trinajstić information content (AvgIpc) is 2.17. The fourth-order valence-corrected chi connectivity index (χ4v) is 1.95. The fraction of sp³-hybridized carbons (Fsp3) is 0.900. The summed E-state index contributed by atoms with van der Waals surface area (Å²) in [6.45, 7) is 6.50. The Hall–Kier alpha value is -0.570. The Morgan fingerprint density at radius 1 is 1.54 bits per heavy atom. The smallest absolute Gasteiger partial charge is 0.108 e. The van der Waals surface area contributed by atoms with Crippen molar-refractivity contribution in [1.29, 1.82) is 5.41 Å². The fourth-order valence-electron chi connectivity index (χ4n) is 1.95. The molecule has 1 fully saturated rings. The Morgan fingerprint density at radius 3 is 2.46 bits per heavy atom. The van der Waals surface area contributed by atoms with Gasteiger partial charge in [0.25, 0.3) is 0 Å². The molecule has 0 spiro atoms. The van der Waals surface area contributed by atoms with Gasteiger partial charge in [-0.05, 0) is 38.8 Å². The average molecular weight is 183 g/mol. The Morgan fingerprint density at radius 2 is 2.08 bits per heavy atom. The molecule has 1 heterocycles. The highest BCUT2D eigenvalue weighted by atomic mass is 15.2. The highest BCUT2D eigenvalue weighted by molar-refractivity contribution is 5.82. The number of rotatable bonds is 3. The lowest BCUT2D eigenvalue weighted by Gasteiger charge is -2.35. The first-order valence-corrected chi connectivity index (χ1v) is 5.23. The molecule has 0 aromatic carbocycles. The molecule has 1 rings (SSSR count). The summed E-state index contributed by atoms with van der Waals surface area (Å²) in [5, 5.41) is 7.37. The Balaban J connectivity index is 2.36. The van der Waals surface area contributed by atoms with E-state index in [1.807, 2.05) is 6.92 Å². The number of piperidine rings is 1. The summed E-state index contributed by atoms with van der Waals surface area (Å²) in [6.07, 6.45) is 3.84. The first-order valence-electron chi connectivity index (χ1n) is 5.23. The predicted molar refractivity (Wildman–Crippen MR) is 56.0 cm³/mol. The Labute approximate surface area is 80.8 Å². The summed E-state index contributed by atoms with van der Waals surface area (Å²) in [5.41, 5.74) is 5.48. The van der Waals surface area contributed by atoms with Gasteiger partial charge < -0.3 is 5.73 Å². The number of nitrogens with one attached hydrogen (secondary N) is 1. The van der Waals surface area contributed by atoms with Crippen molar-refractivity contribution in [3.8, 4) is 0 Å². The van der Waals surface area contributed by atoms with Gasteiger partial charge in [-0.3, -0.25) is 10.3 Å². The minimum absolute atomic E-state index is 0.137. The van der Waals surface area contributed by atoms with E-state index in [-0.39, 0.29) is 6.04 Å². The van der Waals surface area contributed by atoms with Crippen molar-refractivity contribution >= 4 is 5.84 Å². The van der Waals surface area contributed by atoms with Crippen molar-refractivity contribution in [2.75, 3.05) is 13.1 Å². The first kappa shape index (κ1) is 10.5. The van der Waals surface area contributed by atoms with Crippen molar-refractivity contribution in [2.24, 2.45) is 11.7 Å². The molecule has 0 aromatic heterocycles. The molecule has 3 heteroatoms. The quantitative estimate of drug-likeness (QED) is 0.514. The summed E-state index contributed by atoms with van der Waals surface area (Å²) in [6, 6.07) is 0.137. The molecule has 0 radical (unpaired) electrons. The maximum Gasteiger partial charge on any atom is 0.108 e. The van der Waals surface area contributed by atoms with Crippen LogP contribution in [0, 0.1) is 11.3 Å². The van der Waals surface area contributed by atoms with Crippen LogP contribution in [0.4, 0.5) is 0 Å². The van der Waals surface area contributed by atoms with E-state index in [0.717, 1.165) is 19.0 Å². The van der Waals surface area contributed by atoms with Crippen LogP contribution in [-0.2, 0) is 0 Å². The third-order valence-corrected chi connectivity index (χ3v) is 3.22. The standard InChI is InChI=1S/C10H21N3/c1-3-9-4-6-13(7-5-9)8(2)10(11)12/h8-9H,3-7H2,1-2H3,(H3,11,12). The van der Waals surface area contributed by atoms with Gasteiger partial charge in [-0.1, -0.05) is 13.3 Å². The molecular weight excluding hydrogens is 162 g/mol. The van der Waals surface area contributed by atoms with Crippen LogP contribution in [0.25, 0.3) is 0 Å². The number of nitrogens with two attached hydrogens (primary N) is 1. The molecular formula is C10H21N3. The van der Waals surface area contributed by atoms with Gasteiger partial charge in [0.05, 0.1) is 6.04 Å². The molecule has 1 saturated heterocycles. The van der Waals surface area contributed by atoms with Crippen molar-refractivity contribution in [2.45, 2.75) is 39.2 Å². The Bertz CT molecular complexity index is 171. The molecule has 1 unspecified atom stereocenters. The maximum atomic E-state index is 7.37. The van der Waals surface area contributed by atoms with Gasteiger partial charge in [0, 0.05) is 0 Å². The zero-order valence-corrected chi connectivity index (χ0v) is 8.71.